The van der Waals surface area contributed by atoms with Crippen molar-refractivity contribution in [2.45, 2.75) is 11.1 Å². The number of ether oxygens (including phenoxy) is 1. The Balaban J connectivity index is 1.85. The first-order chi connectivity index (χ1) is 14.8. The lowest BCUT2D eigenvalue weighted by molar-refractivity contribution is 0.0869. The van der Waals surface area contributed by atoms with Gasteiger partial charge in [0.05, 0.1) is 12.0 Å². The number of rotatable bonds is 8. The Labute approximate surface area is 180 Å². The van der Waals surface area contributed by atoms with E-state index in [4.69, 9.17) is 9.88 Å². The van der Waals surface area contributed by atoms with Crippen molar-refractivity contribution in [1.29, 1.82) is 0 Å². The van der Waals surface area contributed by atoms with Gasteiger partial charge in [-0.2, -0.15) is 0 Å². The molecule has 0 saturated carbocycles. The van der Waals surface area contributed by atoms with E-state index in [0.717, 1.165) is 0 Å². The molecule has 0 radical (unpaired) electrons. The fraction of sp³-hybridized carbons (Fsp3) is 0.0909. The van der Waals surface area contributed by atoms with Crippen LogP contribution in [0.1, 0.15) is 20.7 Å². The summed E-state index contributed by atoms with van der Waals surface area (Å²) < 4.78 is 28.0. The maximum absolute atomic E-state index is 13.0. The Hall–Kier alpha value is -3.69. The molecule has 3 rings (SSSR count). The molecule has 0 aliphatic rings. The van der Waals surface area contributed by atoms with Crippen LogP contribution in [0.5, 0.6) is 5.75 Å². The summed E-state index contributed by atoms with van der Waals surface area (Å²) in [4.78, 5) is 25.7. The molecule has 8 nitrogen and oxygen atoms in total. The Kier molecular flexibility index (Phi) is 6.68. The average Bonchev–Trinajstić information content (AvgIpc) is 2.78. The van der Waals surface area contributed by atoms with Gasteiger partial charge in [-0.1, -0.05) is 30.3 Å². The number of sulfonamides is 1. The van der Waals surface area contributed by atoms with Gasteiger partial charge in [0.25, 0.3) is 5.91 Å². The lowest BCUT2D eigenvalue weighted by Crippen LogP contribution is -2.46. The summed E-state index contributed by atoms with van der Waals surface area (Å²) in [7, 11) is -2.32. The van der Waals surface area contributed by atoms with Gasteiger partial charge in [-0.25, -0.2) is 13.6 Å². The van der Waals surface area contributed by atoms with E-state index >= 15 is 0 Å². The number of amides is 1. The highest BCUT2D eigenvalue weighted by Gasteiger charge is 2.23. The Bertz CT molecular complexity index is 1160. The topological polar surface area (TPSA) is 128 Å². The summed E-state index contributed by atoms with van der Waals surface area (Å²) >= 11 is 0. The van der Waals surface area contributed by atoms with Crippen LogP contribution in [-0.2, 0) is 10.0 Å². The highest BCUT2D eigenvalue weighted by Crippen LogP contribution is 2.16. The van der Waals surface area contributed by atoms with Gasteiger partial charge in [0.1, 0.15) is 5.75 Å². The molecule has 9 heteroatoms. The number of nitrogens with two attached hydrogens (primary N) is 1. The lowest BCUT2D eigenvalue weighted by atomic mass is 10.1. The van der Waals surface area contributed by atoms with Crippen molar-refractivity contribution < 1.29 is 22.7 Å². The number of ketones is 1. The van der Waals surface area contributed by atoms with Gasteiger partial charge in [0.2, 0.25) is 15.8 Å². The Morgan fingerprint density at radius 2 is 1.48 bits per heavy atom. The van der Waals surface area contributed by atoms with E-state index in [-0.39, 0.29) is 10.7 Å². The molecule has 0 heterocycles. The second kappa shape index (κ2) is 9.41. The molecule has 0 saturated heterocycles. The number of hydrogen-bond donors (Lipinski definition) is 3. The van der Waals surface area contributed by atoms with Gasteiger partial charge in [-0.3, -0.25) is 9.59 Å². The third kappa shape index (κ3) is 5.68. The zero-order chi connectivity index (χ0) is 22.4. The van der Waals surface area contributed by atoms with Crippen molar-refractivity contribution in [3.8, 4) is 5.75 Å². The van der Waals surface area contributed by atoms with E-state index in [2.05, 4.69) is 10.6 Å². The van der Waals surface area contributed by atoms with E-state index in [9.17, 15) is 18.0 Å². The minimum absolute atomic E-state index is 0.0637. The third-order valence-corrected chi connectivity index (χ3v) is 5.37. The molecule has 3 aromatic carbocycles. The molecule has 0 spiro atoms. The van der Waals surface area contributed by atoms with Crippen LogP contribution < -0.4 is 20.5 Å². The van der Waals surface area contributed by atoms with Gasteiger partial charge >= 0.3 is 0 Å². The summed E-state index contributed by atoms with van der Waals surface area (Å²) in [6.45, 7) is 0. The molecule has 3 aromatic rings. The van der Waals surface area contributed by atoms with Crippen LogP contribution in [0.15, 0.2) is 83.8 Å². The largest absolute Gasteiger partial charge is 0.497 e. The van der Waals surface area contributed by atoms with Crippen molar-refractivity contribution in [3.05, 3.63) is 90.0 Å². The average molecular weight is 439 g/mol. The van der Waals surface area contributed by atoms with Crippen LogP contribution >= 0.6 is 0 Å². The highest BCUT2D eigenvalue weighted by atomic mass is 32.2. The quantitative estimate of drug-likeness (QED) is 0.365. The van der Waals surface area contributed by atoms with Gasteiger partial charge in [-0.05, 0) is 48.5 Å². The molecule has 1 amide bonds. The summed E-state index contributed by atoms with van der Waals surface area (Å²) in [5.74, 6) is -0.231. The molecule has 1 atom stereocenters. The summed E-state index contributed by atoms with van der Waals surface area (Å²) in [5, 5.41) is 10.7. The highest BCUT2D eigenvalue weighted by molar-refractivity contribution is 7.89. The molecule has 0 aliphatic heterocycles. The lowest BCUT2D eigenvalue weighted by Gasteiger charge is -2.21. The van der Waals surface area contributed by atoms with Crippen LogP contribution in [0.25, 0.3) is 0 Å². The van der Waals surface area contributed by atoms with Gasteiger partial charge in [-0.15, -0.1) is 0 Å². The number of nitrogens with one attached hydrogen (secondary N) is 2. The van der Waals surface area contributed by atoms with Crippen LogP contribution in [0.3, 0.4) is 0 Å². The number of carbonyl (C=O) groups excluding carboxylic acids is 2. The third-order valence-electron chi connectivity index (χ3n) is 4.44. The van der Waals surface area contributed by atoms with Crippen molar-refractivity contribution >= 4 is 27.4 Å². The summed E-state index contributed by atoms with van der Waals surface area (Å²) in [5.41, 5.74) is 1.17. The maximum Gasteiger partial charge on any atom is 0.253 e. The minimum atomic E-state index is -3.84. The number of carbonyl (C=O) groups is 2. The molecule has 0 unspecified atom stereocenters. The normalized spacial score (nSPS) is 11.9. The van der Waals surface area contributed by atoms with Crippen molar-refractivity contribution in [1.82, 2.24) is 5.32 Å². The molecular formula is C22H21N3O5S. The van der Waals surface area contributed by atoms with Crippen molar-refractivity contribution in [2.75, 3.05) is 12.4 Å². The molecule has 0 aromatic heterocycles. The van der Waals surface area contributed by atoms with Crippen LogP contribution in [0.4, 0.5) is 5.69 Å². The second-order valence-electron chi connectivity index (χ2n) is 6.58. The molecule has 4 N–H and O–H groups in total. The minimum Gasteiger partial charge on any atom is -0.497 e. The maximum atomic E-state index is 13.0. The van der Waals surface area contributed by atoms with E-state index in [0.29, 0.717) is 22.6 Å². The van der Waals surface area contributed by atoms with Crippen LogP contribution in [-0.4, -0.2) is 33.4 Å². The molecule has 31 heavy (non-hydrogen) atoms. The van der Waals surface area contributed by atoms with E-state index in [1.807, 2.05) is 0 Å². The smallest absolute Gasteiger partial charge is 0.253 e. The van der Waals surface area contributed by atoms with Crippen molar-refractivity contribution in [3.63, 3.8) is 0 Å². The summed E-state index contributed by atoms with van der Waals surface area (Å²) in [6.07, 6.45) is -1.10. The molecule has 0 aliphatic carbocycles. The molecule has 0 bridgehead atoms. The van der Waals surface area contributed by atoms with E-state index in [1.165, 1.54) is 31.4 Å². The zero-order valence-electron chi connectivity index (χ0n) is 16.6. The Morgan fingerprint density at radius 3 is 2.03 bits per heavy atom. The number of primary sulfonamides is 1. The van der Waals surface area contributed by atoms with Gasteiger partial charge < -0.3 is 15.4 Å². The summed E-state index contributed by atoms with van der Waals surface area (Å²) in [6, 6.07) is 20.5. The number of Topliss-reactive ketones (excluding diaryl/α,β-unsaturated/α-hetero) is 1. The fourth-order valence-corrected chi connectivity index (χ4v) is 3.32. The number of benzene rings is 3. The van der Waals surface area contributed by atoms with E-state index in [1.54, 1.807) is 54.6 Å². The molecule has 160 valence electrons. The van der Waals surface area contributed by atoms with E-state index < -0.39 is 22.1 Å². The number of hydrogen-bond acceptors (Lipinski definition) is 6. The second-order valence-corrected chi connectivity index (χ2v) is 8.14. The molecule has 0 fully saturated rings. The number of methoxy groups -OCH3 is 1. The first-order valence-corrected chi connectivity index (χ1v) is 10.8. The Morgan fingerprint density at radius 1 is 0.871 bits per heavy atom. The monoisotopic (exact) mass is 439 g/mol. The van der Waals surface area contributed by atoms with Crippen LogP contribution in [0, 0.1) is 0 Å². The fourth-order valence-electron chi connectivity index (χ4n) is 2.80. The predicted octanol–water partition coefficient (Wildman–Crippen LogP) is 2.39. The SMILES string of the molecule is COc1ccc(C(=O)N[C@H](Nc2ccc(S(N)(=O)=O)cc2)C(=O)c2ccccc2)cc1. The first kappa shape index (κ1) is 22.0. The van der Waals surface area contributed by atoms with Crippen LogP contribution in [0.2, 0.25) is 0 Å². The number of anilines is 1. The van der Waals surface area contributed by atoms with Crippen molar-refractivity contribution in [2.24, 2.45) is 5.14 Å². The van der Waals surface area contributed by atoms with Gasteiger partial charge in [0, 0.05) is 16.8 Å². The van der Waals surface area contributed by atoms with Gasteiger partial charge in [0.15, 0.2) is 6.17 Å². The first-order valence-electron chi connectivity index (χ1n) is 9.21. The standard InChI is InChI=1S/C22H21N3O5S/c1-30-18-11-7-16(8-12-18)22(27)25-21(20(26)15-5-3-2-4-6-15)24-17-9-13-19(14-10-17)31(23,28)29/h2-14,21,24H,1H3,(H,25,27)(H2,23,28,29)/t21-/m0/s1. The predicted molar refractivity (Wildman–Crippen MR) is 116 cm³/mol. The molecular weight excluding hydrogens is 418 g/mol. The zero-order valence-corrected chi connectivity index (χ0v) is 17.4.